The number of hydrogen-bond acceptors (Lipinski definition) is 4. The maximum Gasteiger partial charge on any atom is 0.293 e. The SMILES string of the molecule is CC(C)(C)C1SC(COC=O)C(=O)N1C(C)(C)C. The van der Waals surface area contributed by atoms with Gasteiger partial charge in [0, 0.05) is 5.54 Å². The molecule has 4 nitrogen and oxygen atoms in total. The molecule has 0 aromatic heterocycles. The molecule has 0 N–H and O–H groups in total. The maximum atomic E-state index is 12.4. The Morgan fingerprint density at radius 2 is 1.83 bits per heavy atom. The summed E-state index contributed by atoms with van der Waals surface area (Å²) in [5.74, 6) is 0.0641. The number of amides is 1. The van der Waals surface area contributed by atoms with Crippen molar-refractivity contribution >= 4 is 24.1 Å². The molecular weight excluding hydrogens is 250 g/mol. The molecule has 5 heteroatoms. The first-order chi connectivity index (χ1) is 8.09. The number of nitrogens with zero attached hydrogens (tertiary/aromatic N) is 1. The first-order valence-electron chi connectivity index (χ1n) is 6.13. The minimum atomic E-state index is -0.279. The first kappa shape index (κ1) is 15.3. The quantitative estimate of drug-likeness (QED) is 0.740. The molecule has 0 aromatic carbocycles. The number of thioether (sulfide) groups is 1. The van der Waals surface area contributed by atoms with Gasteiger partial charge in [-0.3, -0.25) is 9.59 Å². The van der Waals surface area contributed by atoms with Crippen molar-refractivity contribution < 1.29 is 14.3 Å². The fraction of sp³-hybridized carbons (Fsp3) is 0.846. The predicted octanol–water partition coefficient (Wildman–Crippen LogP) is 2.27. The first-order valence-corrected chi connectivity index (χ1v) is 7.07. The van der Waals surface area contributed by atoms with Gasteiger partial charge in [0.05, 0.1) is 5.37 Å². The second kappa shape index (κ2) is 5.11. The largest absolute Gasteiger partial charge is 0.466 e. The summed E-state index contributed by atoms with van der Waals surface area (Å²) in [6, 6.07) is 0. The van der Waals surface area contributed by atoms with Gasteiger partial charge in [0.25, 0.3) is 6.47 Å². The molecule has 1 saturated heterocycles. The Kier molecular flexibility index (Phi) is 4.36. The van der Waals surface area contributed by atoms with Crippen LogP contribution in [0.4, 0.5) is 0 Å². The van der Waals surface area contributed by atoms with Crippen LogP contribution in [0.3, 0.4) is 0 Å². The van der Waals surface area contributed by atoms with Crippen LogP contribution in [0.5, 0.6) is 0 Å². The van der Waals surface area contributed by atoms with Crippen LogP contribution in [0, 0.1) is 5.41 Å². The fourth-order valence-corrected chi connectivity index (χ4v) is 3.70. The monoisotopic (exact) mass is 273 g/mol. The standard InChI is InChI=1S/C13H23NO3S/c1-12(2,3)11-14(13(4,5)6)10(16)9(18-11)7-17-8-15/h8-9,11H,7H2,1-6H3. The second-order valence-electron chi connectivity index (χ2n) is 6.65. The Morgan fingerprint density at radius 3 is 2.17 bits per heavy atom. The molecular formula is C13H23NO3S. The Bertz CT molecular complexity index is 330. The van der Waals surface area contributed by atoms with Crippen LogP contribution in [0.25, 0.3) is 0 Å². The summed E-state index contributed by atoms with van der Waals surface area (Å²) >= 11 is 1.59. The van der Waals surface area contributed by atoms with Crippen LogP contribution >= 0.6 is 11.8 Å². The van der Waals surface area contributed by atoms with E-state index in [1.165, 1.54) is 0 Å². The van der Waals surface area contributed by atoms with E-state index in [0.29, 0.717) is 6.47 Å². The molecule has 0 bridgehead atoms. The summed E-state index contributed by atoms with van der Waals surface area (Å²) in [7, 11) is 0. The lowest BCUT2D eigenvalue weighted by Crippen LogP contribution is -2.51. The molecule has 1 aliphatic rings. The third-order valence-corrected chi connectivity index (χ3v) is 4.66. The molecule has 1 rings (SSSR count). The summed E-state index contributed by atoms with van der Waals surface area (Å²) in [4.78, 5) is 24.6. The maximum absolute atomic E-state index is 12.4. The summed E-state index contributed by atoms with van der Waals surface area (Å²) < 4.78 is 4.76. The lowest BCUT2D eigenvalue weighted by molar-refractivity contribution is -0.138. The van der Waals surface area contributed by atoms with E-state index < -0.39 is 0 Å². The fourth-order valence-electron chi connectivity index (χ4n) is 2.06. The molecule has 0 radical (unpaired) electrons. The van der Waals surface area contributed by atoms with E-state index in [9.17, 15) is 9.59 Å². The summed E-state index contributed by atoms with van der Waals surface area (Å²) in [6.45, 7) is 13.0. The zero-order chi connectivity index (χ0) is 14.1. The van der Waals surface area contributed by atoms with Gasteiger partial charge in [-0.25, -0.2) is 0 Å². The predicted molar refractivity (Wildman–Crippen MR) is 73.2 cm³/mol. The Labute approximate surface area is 113 Å². The molecule has 0 spiro atoms. The van der Waals surface area contributed by atoms with Gasteiger partial charge in [-0.15, -0.1) is 11.8 Å². The molecule has 1 fully saturated rings. The average molecular weight is 273 g/mol. The molecule has 0 aliphatic carbocycles. The van der Waals surface area contributed by atoms with Crippen LogP contribution in [-0.2, 0) is 14.3 Å². The van der Waals surface area contributed by atoms with Crippen LogP contribution < -0.4 is 0 Å². The van der Waals surface area contributed by atoms with Crippen LogP contribution in [0.2, 0.25) is 0 Å². The molecule has 1 heterocycles. The van der Waals surface area contributed by atoms with E-state index in [0.717, 1.165) is 0 Å². The molecule has 0 saturated carbocycles. The van der Waals surface area contributed by atoms with Gasteiger partial charge >= 0.3 is 0 Å². The average Bonchev–Trinajstić information content (AvgIpc) is 2.51. The Balaban J connectivity index is 2.97. The van der Waals surface area contributed by atoms with Crippen molar-refractivity contribution in [2.45, 2.75) is 57.7 Å². The van der Waals surface area contributed by atoms with Crippen molar-refractivity contribution in [1.29, 1.82) is 0 Å². The minimum absolute atomic E-state index is 0.0104. The van der Waals surface area contributed by atoms with E-state index in [1.54, 1.807) is 11.8 Å². The third-order valence-electron chi connectivity index (χ3n) is 2.82. The van der Waals surface area contributed by atoms with Crippen molar-refractivity contribution in [3.05, 3.63) is 0 Å². The topological polar surface area (TPSA) is 46.6 Å². The highest BCUT2D eigenvalue weighted by Crippen LogP contribution is 2.45. The van der Waals surface area contributed by atoms with Gasteiger partial charge in [-0.2, -0.15) is 0 Å². The number of carbonyl (C=O) groups is 2. The number of hydrogen-bond donors (Lipinski definition) is 0. The third kappa shape index (κ3) is 3.19. The van der Waals surface area contributed by atoms with Crippen molar-refractivity contribution in [3.63, 3.8) is 0 Å². The molecule has 1 amide bonds. The number of rotatable bonds is 3. The highest BCUT2D eigenvalue weighted by molar-refractivity contribution is 8.01. The Hall–Kier alpha value is -0.710. The highest BCUT2D eigenvalue weighted by Gasteiger charge is 2.49. The van der Waals surface area contributed by atoms with E-state index in [-0.39, 0.29) is 34.1 Å². The summed E-state index contributed by atoms with van der Waals surface area (Å²) in [6.07, 6.45) is 0. The minimum Gasteiger partial charge on any atom is -0.466 e. The molecule has 18 heavy (non-hydrogen) atoms. The van der Waals surface area contributed by atoms with Gasteiger partial charge in [0.15, 0.2) is 0 Å². The zero-order valence-electron chi connectivity index (χ0n) is 12.0. The van der Waals surface area contributed by atoms with Gasteiger partial charge < -0.3 is 9.64 Å². The molecule has 2 atom stereocenters. The van der Waals surface area contributed by atoms with Gasteiger partial charge in [-0.1, -0.05) is 20.8 Å². The lowest BCUT2D eigenvalue weighted by Gasteiger charge is -2.42. The molecule has 0 aromatic rings. The summed E-state index contributed by atoms with van der Waals surface area (Å²) in [5, 5.41) is -0.177. The van der Waals surface area contributed by atoms with Crippen molar-refractivity contribution in [2.75, 3.05) is 6.61 Å². The molecule has 104 valence electrons. The van der Waals surface area contributed by atoms with Gasteiger partial charge in [0.1, 0.15) is 11.9 Å². The number of ether oxygens (including phenoxy) is 1. The summed E-state index contributed by atoms with van der Waals surface area (Å²) in [5.41, 5.74) is -0.235. The van der Waals surface area contributed by atoms with Crippen molar-refractivity contribution in [3.8, 4) is 0 Å². The normalized spacial score (nSPS) is 25.4. The zero-order valence-corrected chi connectivity index (χ0v) is 12.8. The number of carbonyl (C=O) groups excluding carboxylic acids is 2. The van der Waals surface area contributed by atoms with Crippen LogP contribution in [-0.4, -0.2) is 40.0 Å². The smallest absolute Gasteiger partial charge is 0.293 e. The van der Waals surface area contributed by atoms with Gasteiger partial charge in [0.2, 0.25) is 5.91 Å². The van der Waals surface area contributed by atoms with E-state index in [4.69, 9.17) is 4.74 Å². The highest BCUT2D eigenvalue weighted by atomic mass is 32.2. The van der Waals surface area contributed by atoms with E-state index in [2.05, 4.69) is 20.8 Å². The van der Waals surface area contributed by atoms with E-state index >= 15 is 0 Å². The molecule has 2 unspecified atom stereocenters. The second-order valence-corrected chi connectivity index (χ2v) is 7.94. The van der Waals surface area contributed by atoms with Gasteiger partial charge in [-0.05, 0) is 26.2 Å². The van der Waals surface area contributed by atoms with Crippen LogP contribution in [0.1, 0.15) is 41.5 Å². The van der Waals surface area contributed by atoms with Crippen molar-refractivity contribution in [1.82, 2.24) is 4.90 Å². The molecule has 1 aliphatic heterocycles. The van der Waals surface area contributed by atoms with Crippen molar-refractivity contribution in [2.24, 2.45) is 5.41 Å². The van der Waals surface area contributed by atoms with E-state index in [1.807, 2.05) is 25.7 Å². The Morgan fingerprint density at radius 1 is 1.28 bits per heavy atom. The lowest BCUT2D eigenvalue weighted by atomic mass is 9.92. The van der Waals surface area contributed by atoms with Crippen LogP contribution in [0.15, 0.2) is 0 Å².